The maximum absolute atomic E-state index is 12.4. The summed E-state index contributed by atoms with van der Waals surface area (Å²) >= 11 is 0. The van der Waals surface area contributed by atoms with Gasteiger partial charge >= 0.3 is 0 Å². The molecule has 2 N–H and O–H groups in total. The minimum absolute atomic E-state index is 0.210. The highest BCUT2D eigenvalue weighted by atomic mass is 16.2. The smallest absolute Gasteiger partial charge is 0.230 e. The summed E-state index contributed by atoms with van der Waals surface area (Å²) in [6.07, 6.45) is 5.06. The van der Waals surface area contributed by atoms with Crippen LogP contribution in [0.3, 0.4) is 0 Å². The minimum atomic E-state index is -0.210. The van der Waals surface area contributed by atoms with Crippen molar-refractivity contribution < 1.29 is 4.79 Å². The zero-order chi connectivity index (χ0) is 13.3. The Morgan fingerprint density at radius 3 is 2.53 bits per heavy atom. The maximum atomic E-state index is 12.4. The molecule has 19 heavy (non-hydrogen) atoms. The Morgan fingerprint density at radius 1 is 1.26 bits per heavy atom. The van der Waals surface area contributed by atoms with Crippen LogP contribution in [0.5, 0.6) is 0 Å². The quantitative estimate of drug-likeness (QED) is 0.899. The first kappa shape index (κ1) is 12.4. The van der Waals surface area contributed by atoms with Crippen molar-refractivity contribution in [3.8, 4) is 0 Å². The fourth-order valence-electron chi connectivity index (χ4n) is 2.76. The topological polar surface area (TPSA) is 46.3 Å². The molecule has 3 rings (SSSR count). The van der Waals surface area contributed by atoms with E-state index in [-0.39, 0.29) is 11.3 Å². The summed E-state index contributed by atoms with van der Waals surface area (Å²) in [5.41, 5.74) is 8.14. The highest BCUT2D eigenvalue weighted by Gasteiger charge is 2.50. The molecule has 0 unspecified atom stereocenters. The van der Waals surface area contributed by atoms with E-state index in [0.717, 1.165) is 32.4 Å². The van der Waals surface area contributed by atoms with Crippen molar-refractivity contribution in [3.05, 3.63) is 42.0 Å². The maximum Gasteiger partial charge on any atom is 0.230 e. The van der Waals surface area contributed by atoms with Crippen molar-refractivity contribution in [2.75, 3.05) is 19.6 Å². The first-order valence-corrected chi connectivity index (χ1v) is 6.99. The number of hydrogen-bond acceptors (Lipinski definition) is 2. The number of amides is 1. The monoisotopic (exact) mass is 256 g/mol. The largest absolute Gasteiger partial charge is 0.338 e. The Kier molecular flexibility index (Phi) is 3.15. The van der Waals surface area contributed by atoms with Gasteiger partial charge in [0, 0.05) is 19.6 Å². The average Bonchev–Trinajstić information content (AvgIpc) is 3.29. The summed E-state index contributed by atoms with van der Waals surface area (Å²) in [5.74, 6) is 0.262. The molecule has 3 heteroatoms. The summed E-state index contributed by atoms with van der Waals surface area (Å²) in [7, 11) is 0. The molecular weight excluding hydrogens is 236 g/mol. The van der Waals surface area contributed by atoms with E-state index in [2.05, 4.69) is 30.3 Å². The molecule has 1 aromatic rings. The van der Waals surface area contributed by atoms with Crippen LogP contribution in [0.4, 0.5) is 0 Å². The van der Waals surface area contributed by atoms with Gasteiger partial charge in [0.05, 0.1) is 5.41 Å². The molecule has 1 amide bonds. The normalized spacial score (nSPS) is 20.9. The average molecular weight is 256 g/mol. The molecule has 1 aliphatic carbocycles. The van der Waals surface area contributed by atoms with Crippen LogP contribution in [0, 0.1) is 5.41 Å². The third kappa shape index (κ3) is 2.30. The highest BCUT2D eigenvalue weighted by Crippen LogP contribution is 2.46. The molecule has 0 bridgehead atoms. The first-order valence-electron chi connectivity index (χ1n) is 6.99. The van der Waals surface area contributed by atoms with E-state index in [1.54, 1.807) is 0 Å². The van der Waals surface area contributed by atoms with Crippen LogP contribution in [0.2, 0.25) is 0 Å². The molecule has 100 valence electrons. The van der Waals surface area contributed by atoms with E-state index in [0.29, 0.717) is 6.54 Å². The van der Waals surface area contributed by atoms with Gasteiger partial charge < -0.3 is 10.6 Å². The van der Waals surface area contributed by atoms with Gasteiger partial charge in [-0.25, -0.2) is 0 Å². The SMILES string of the molecule is NCC1(C(=O)N2CC=C(c3ccccc3)CC2)CC1. The predicted octanol–water partition coefficient (Wildman–Crippen LogP) is 2.04. The second kappa shape index (κ2) is 4.82. The van der Waals surface area contributed by atoms with Gasteiger partial charge in [0.2, 0.25) is 5.91 Å². The second-order valence-corrected chi connectivity index (χ2v) is 5.58. The Labute approximate surface area is 114 Å². The lowest BCUT2D eigenvalue weighted by Gasteiger charge is -2.29. The molecule has 1 heterocycles. The van der Waals surface area contributed by atoms with Crippen molar-refractivity contribution in [3.63, 3.8) is 0 Å². The van der Waals surface area contributed by atoms with Crippen LogP contribution in [-0.2, 0) is 4.79 Å². The lowest BCUT2D eigenvalue weighted by Crippen LogP contribution is -2.42. The van der Waals surface area contributed by atoms with Gasteiger partial charge in [0.25, 0.3) is 0 Å². The van der Waals surface area contributed by atoms with E-state index >= 15 is 0 Å². The molecule has 0 radical (unpaired) electrons. The third-order valence-corrected chi connectivity index (χ3v) is 4.34. The molecule has 0 spiro atoms. The third-order valence-electron chi connectivity index (χ3n) is 4.34. The fraction of sp³-hybridized carbons (Fsp3) is 0.438. The lowest BCUT2D eigenvalue weighted by atomic mass is 9.98. The Hall–Kier alpha value is -1.61. The molecule has 0 saturated heterocycles. The van der Waals surface area contributed by atoms with Crippen LogP contribution in [0.15, 0.2) is 36.4 Å². The molecular formula is C16H20N2O. The van der Waals surface area contributed by atoms with Gasteiger partial charge in [-0.3, -0.25) is 4.79 Å². The molecule has 1 fully saturated rings. The number of carbonyl (C=O) groups excluding carboxylic acids is 1. The standard InChI is InChI=1S/C16H20N2O/c17-12-16(8-9-16)15(19)18-10-6-14(7-11-18)13-4-2-1-3-5-13/h1-6H,7-12,17H2. The molecule has 1 aliphatic heterocycles. The number of rotatable bonds is 3. The lowest BCUT2D eigenvalue weighted by molar-refractivity contribution is -0.136. The Morgan fingerprint density at radius 2 is 2.00 bits per heavy atom. The highest BCUT2D eigenvalue weighted by molar-refractivity contribution is 5.86. The van der Waals surface area contributed by atoms with E-state index in [1.165, 1.54) is 11.1 Å². The van der Waals surface area contributed by atoms with E-state index in [9.17, 15) is 4.79 Å². The summed E-state index contributed by atoms with van der Waals surface area (Å²) < 4.78 is 0. The van der Waals surface area contributed by atoms with Crippen molar-refractivity contribution in [2.24, 2.45) is 11.1 Å². The van der Waals surface area contributed by atoms with Gasteiger partial charge in [0.15, 0.2) is 0 Å². The zero-order valence-corrected chi connectivity index (χ0v) is 11.1. The van der Waals surface area contributed by atoms with Gasteiger partial charge in [-0.15, -0.1) is 0 Å². The second-order valence-electron chi connectivity index (χ2n) is 5.58. The molecule has 0 atom stereocenters. The summed E-state index contributed by atoms with van der Waals surface area (Å²) in [4.78, 5) is 14.3. The first-order chi connectivity index (χ1) is 9.25. The summed E-state index contributed by atoms with van der Waals surface area (Å²) in [5, 5.41) is 0. The van der Waals surface area contributed by atoms with Crippen LogP contribution in [-0.4, -0.2) is 30.4 Å². The van der Waals surface area contributed by atoms with E-state index in [1.807, 2.05) is 11.0 Å². The molecule has 2 aliphatic rings. The molecule has 0 aromatic heterocycles. The van der Waals surface area contributed by atoms with Crippen LogP contribution < -0.4 is 5.73 Å². The summed E-state index contributed by atoms with van der Waals surface area (Å²) in [6.45, 7) is 2.05. The van der Waals surface area contributed by atoms with Crippen molar-refractivity contribution in [2.45, 2.75) is 19.3 Å². The Bertz CT molecular complexity index is 503. The van der Waals surface area contributed by atoms with Gasteiger partial charge in [-0.1, -0.05) is 36.4 Å². The summed E-state index contributed by atoms with van der Waals surface area (Å²) in [6, 6.07) is 10.4. The van der Waals surface area contributed by atoms with Crippen LogP contribution in [0.25, 0.3) is 5.57 Å². The molecule has 3 nitrogen and oxygen atoms in total. The number of carbonyl (C=O) groups is 1. The van der Waals surface area contributed by atoms with Crippen LogP contribution in [0.1, 0.15) is 24.8 Å². The van der Waals surface area contributed by atoms with Crippen molar-refractivity contribution in [1.29, 1.82) is 0 Å². The van der Waals surface area contributed by atoms with Crippen molar-refractivity contribution in [1.82, 2.24) is 4.90 Å². The fourth-order valence-corrected chi connectivity index (χ4v) is 2.76. The number of hydrogen-bond donors (Lipinski definition) is 1. The van der Waals surface area contributed by atoms with Gasteiger partial charge in [-0.05, 0) is 30.4 Å². The van der Waals surface area contributed by atoms with E-state index < -0.39 is 0 Å². The zero-order valence-electron chi connectivity index (χ0n) is 11.1. The Balaban J connectivity index is 1.69. The predicted molar refractivity (Wildman–Crippen MR) is 76.3 cm³/mol. The molecule has 1 saturated carbocycles. The molecule has 1 aromatic carbocycles. The van der Waals surface area contributed by atoms with Crippen molar-refractivity contribution >= 4 is 11.5 Å². The van der Waals surface area contributed by atoms with E-state index in [4.69, 9.17) is 5.73 Å². The van der Waals surface area contributed by atoms with Gasteiger partial charge in [0.1, 0.15) is 0 Å². The number of nitrogens with zero attached hydrogens (tertiary/aromatic N) is 1. The minimum Gasteiger partial charge on any atom is -0.338 e. The van der Waals surface area contributed by atoms with Crippen LogP contribution >= 0.6 is 0 Å². The number of nitrogens with two attached hydrogens (primary N) is 1. The number of benzene rings is 1. The van der Waals surface area contributed by atoms with Gasteiger partial charge in [-0.2, -0.15) is 0 Å².